The summed E-state index contributed by atoms with van der Waals surface area (Å²) in [4.78, 5) is 0. The molecule has 0 radical (unpaired) electrons. The number of rotatable bonds is 16. The molecule has 27 rings (SSSR count). The molecule has 4 heterocycles. The molecule has 4 aromatic heterocycles. The van der Waals surface area contributed by atoms with E-state index >= 15 is 0 Å². The van der Waals surface area contributed by atoms with Crippen LogP contribution in [0.15, 0.2) is 473 Å². The Bertz CT molecular complexity index is 8810. The molecule has 0 saturated carbocycles. The van der Waals surface area contributed by atoms with Crippen molar-refractivity contribution in [3.8, 4) is 55.9 Å². The van der Waals surface area contributed by atoms with Crippen LogP contribution in [-0.4, -0.2) is 22.6 Å². The Balaban J connectivity index is 0.000000114. The zero-order valence-electron chi connectivity index (χ0n) is 82.2. The minimum atomic E-state index is 0.0698. The summed E-state index contributed by atoms with van der Waals surface area (Å²) in [6.07, 6.45) is 0. The van der Waals surface area contributed by atoms with Crippen molar-refractivity contribution in [2.75, 3.05) is 0 Å². The van der Waals surface area contributed by atoms with Gasteiger partial charge in [-0.1, -0.05) is 476 Å². The van der Waals surface area contributed by atoms with Gasteiger partial charge in [0, 0.05) is 73.3 Å². The molecule has 0 spiro atoms. The third kappa shape index (κ3) is 15.6. The highest BCUT2D eigenvalue weighted by Gasteiger charge is 2.34. The monoisotopic (exact) mass is 1880 g/mol. The third-order valence-electron chi connectivity index (χ3n) is 30.5. The summed E-state index contributed by atoms with van der Waals surface area (Å²) in [6, 6.07) is 177. The molecule has 0 aliphatic heterocycles. The molecule has 0 aliphatic carbocycles. The van der Waals surface area contributed by atoms with Crippen LogP contribution in [0.25, 0.3) is 204 Å². The van der Waals surface area contributed by atoms with E-state index in [1.807, 2.05) is 22.7 Å². The van der Waals surface area contributed by atoms with Crippen molar-refractivity contribution in [1.82, 2.24) is 9.13 Å². The van der Waals surface area contributed by atoms with E-state index in [-0.39, 0.29) is 13.4 Å². The summed E-state index contributed by atoms with van der Waals surface area (Å²) >= 11 is 3.75. The first-order chi connectivity index (χ1) is 70.8. The maximum absolute atomic E-state index is 2.41. The fraction of sp³-hybridized carbons (Fsp3) is 0.0870. The van der Waals surface area contributed by atoms with Gasteiger partial charge in [0.2, 0.25) is 13.4 Å². The molecule has 0 N–H and O–H groups in total. The van der Waals surface area contributed by atoms with E-state index in [1.165, 1.54) is 260 Å². The maximum Gasteiger partial charge on any atom is 0.242 e. The molecule has 686 valence electrons. The highest BCUT2D eigenvalue weighted by Crippen LogP contribution is 2.50. The van der Waals surface area contributed by atoms with Crippen LogP contribution in [-0.2, 0) is 0 Å². The molecule has 0 aliphatic rings. The van der Waals surface area contributed by atoms with Crippen LogP contribution in [0.4, 0.5) is 0 Å². The molecule has 6 heteroatoms. The van der Waals surface area contributed by atoms with E-state index < -0.39 is 0 Å². The van der Waals surface area contributed by atoms with Gasteiger partial charge in [-0.3, -0.25) is 0 Å². The van der Waals surface area contributed by atoms with E-state index in [0.29, 0.717) is 23.7 Å². The van der Waals surface area contributed by atoms with Crippen LogP contribution in [0, 0.1) is 0 Å². The van der Waals surface area contributed by atoms with Crippen molar-refractivity contribution in [3.05, 3.63) is 495 Å². The molecule has 23 aromatic carbocycles. The molecule has 0 amide bonds. The van der Waals surface area contributed by atoms with Gasteiger partial charge in [-0.15, -0.1) is 22.7 Å². The Morgan fingerprint density at radius 2 is 0.382 bits per heavy atom. The van der Waals surface area contributed by atoms with Crippen LogP contribution < -0.4 is 32.8 Å². The normalized spacial score (nSPS) is 11.9. The summed E-state index contributed by atoms with van der Waals surface area (Å²) in [5, 5.41) is 25.9. The number of hydrogen-bond donors (Lipinski definition) is 0. The molecule has 0 unspecified atom stereocenters. The van der Waals surface area contributed by atoms with Crippen LogP contribution in [0.5, 0.6) is 0 Å². The topological polar surface area (TPSA) is 9.86 Å². The summed E-state index contributed by atoms with van der Waals surface area (Å²) in [6.45, 7) is 18.4. The van der Waals surface area contributed by atoms with Gasteiger partial charge in [0.15, 0.2) is 0 Å². The first-order valence-corrected chi connectivity index (χ1v) is 52.6. The van der Waals surface area contributed by atoms with E-state index in [0.717, 1.165) is 0 Å². The second-order valence-corrected chi connectivity index (χ2v) is 42.4. The molecule has 0 fully saturated rings. The molecular weight excluding hydrogens is 1770 g/mol. The molecule has 0 bridgehead atoms. The highest BCUT2D eigenvalue weighted by molar-refractivity contribution is 7.26. The fourth-order valence-corrected chi connectivity index (χ4v) is 25.6. The van der Waals surface area contributed by atoms with Crippen molar-refractivity contribution in [1.29, 1.82) is 0 Å². The summed E-state index contributed by atoms with van der Waals surface area (Å²) in [5.74, 6) is 1.94. The number of nitrogens with zero attached hydrogens (tertiary/aromatic N) is 2. The van der Waals surface area contributed by atoms with Gasteiger partial charge in [-0.2, -0.15) is 0 Å². The minimum Gasteiger partial charge on any atom is -0.309 e. The lowest BCUT2D eigenvalue weighted by atomic mass is 9.33. The number of hydrogen-bond acceptors (Lipinski definition) is 2. The van der Waals surface area contributed by atoms with E-state index in [9.17, 15) is 0 Å². The van der Waals surface area contributed by atoms with Crippen LogP contribution in [0.2, 0.25) is 0 Å². The summed E-state index contributed by atoms with van der Waals surface area (Å²) in [5.41, 5.74) is 30.9. The molecule has 27 aromatic rings. The van der Waals surface area contributed by atoms with Crippen molar-refractivity contribution < 1.29 is 0 Å². The second kappa shape index (κ2) is 37.3. The van der Waals surface area contributed by atoms with Crippen molar-refractivity contribution in [2.24, 2.45) is 0 Å². The lowest BCUT2D eigenvalue weighted by Gasteiger charge is -2.26. The average molecular weight is 1880 g/mol. The van der Waals surface area contributed by atoms with E-state index in [2.05, 4.69) is 538 Å². The lowest BCUT2D eigenvalue weighted by molar-refractivity contribution is 0.867. The number of fused-ring (bicyclic) bond motifs is 18. The smallest absolute Gasteiger partial charge is 0.242 e. The SMILES string of the molecule is CC(C)c1ccc(B(c2ccc(C(C)C)cc2)c2c3ccccc3c(B(c3ccc(C(C)C)cc3)c3ccc(C(C)C)cc3)c3ccccc23)cc1.c1ccc(-n2c3ccccc3c3ccc(-c4c5ccccc5c(-c5ccc6c7ccccc7n(-c7ccccc7)c6c5)c5ccccc45)cc32)cc1.c1ccc2c(c1)sc1ccc(-c3c4ccccc4c(-c4ccc5sc6ccccc6c5c4)c4ccccc34)cc12. The second-order valence-electron chi connectivity index (χ2n) is 40.2. The Morgan fingerprint density at radius 1 is 0.167 bits per heavy atom. The lowest BCUT2D eigenvalue weighted by Crippen LogP contribution is -2.55. The number of benzene rings is 23. The first-order valence-electron chi connectivity index (χ1n) is 51.0. The molecule has 0 saturated heterocycles. The molecule has 0 atom stereocenters. The first kappa shape index (κ1) is 89.2. The van der Waals surface area contributed by atoms with Crippen LogP contribution >= 0.6 is 22.7 Å². The quantitative estimate of drug-likeness (QED) is 0.0674. The van der Waals surface area contributed by atoms with Gasteiger partial charge in [-0.05, 0) is 240 Å². The molecular formula is C138H106B2N2S2. The highest BCUT2D eigenvalue weighted by atomic mass is 32.1. The Labute approximate surface area is 850 Å². The number of thiophene rings is 2. The van der Waals surface area contributed by atoms with Crippen LogP contribution in [0.1, 0.15) is 101 Å². The largest absolute Gasteiger partial charge is 0.309 e. The fourth-order valence-electron chi connectivity index (χ4n) is 23.4. The summed E-state index contributed by atoms with van der Waals surface area (Å²) < 4.78 is 10.2. The van der Waals surface area contributed by atoms with Gasteiger partial charge < -0.3 is 9.13 Å². The minimum absolute atomic E-state index is 0.0698. The maximum atomic E-state index is 2.41. The van der Waals surface area contributed by atoms with Crippen molar-refractivity contribution in [2.45, 2.75) is 79.1 Å². The number of para-hydroxylation sites is 4. The van der Waals surface area contributed by atoms with Crippen molar-refractivity contribution in [3.63, 3.8) is 0 Å². The van der Waals surface area contributed by atoms with Gasteiger partial charge in [0.05, 0.1) is 22.1 Å². The Kier molecular flexibility index (Phi) is 23.1. The Hall–Kier alpha value is -16.2. The molecule has 2 nitrogen and oxygen atoms in total. The van der Waals surface area contributed by atoms with Gasteiger partial charge in [0.1, 0.15) is 0 Å². The van der Waals surface area contributed by atoms with E-state index in [1.54, 1.807) is 0 Å². The predicted molar refractivity (Wildman–Crippen MR) is 632 cm³/mol. The van der Waals surface area contributed by atoms with Gasteiger partial charge in [0.25, 0.3) is 0 Å². The van der Waals surface area contributed by atoms with Crippen LogP contribution in [0.3, 0.4) is 0 Å². The standard InChI is InChI=1S/C50H52B2.C50H32N2.C38H22S2/c1-33(2)37-17-25-41(26-18-37)51(42-27-19-38(20-28-42)34(3)4)49-45-13-9-11-15-47(45)50(48-16-12-10-14-46(48)49)52(43-29-21-39(22-30-43)35(5)6)44-31-23-40(24-32-44)36(7)8;1-3-15-35(16-4-1)51-45-25-13-11-19-37(45)39-29-27-33(31-47(39)51)49-41-21-7-9-23-43(41)50(44-24-10-8-22-42(44)49)34-28-30-40-38-20-12-14-26-46(38)52(48(40)32-34)36-17-5-2-6-18-36;1-2-12-28-27(11-1)37(23-17-19-35-31(21-23)25-9-5-7-15-33(25)39-35)29-13-3-4-14-30(29)38(28)24-18-20-36-32(22-24)26-10-6-8-16-34(26)40-36/h9-36H,1-8H3;1-32H;1-22H. The third-order valence-corrected chi connectivity index (χ3v) is 32.8. The predicted octanol–water partition coefficient (Wildman–Crippen LogP) is 35.1. The molecule has 144 heavy (non-hydrogen) atoms. The zero-order chi connectivity index (χ0) is 96.9. The van der Waals surface area contributed by atoms with Gasteiger partial charge >= 0.3 is 0 Å². The Morgan fingerprint density at radius 3 is 0.660 bits per heavy atom. The average Bonchev–Trinajstić information content (AvgIpc) is 1.20. The van der Waals surface area contributed by atoms with Crippen molar-refractivity contribution >= 4 is 217 Å². The zero-order valence-corrected chi connectivity index (χ0v) is 83.8. The van der Waals surface area contributed by atoms with Gasteiger partial charge in [-0.25, -0.2) is 0 Å². The van der Waals surface area contributed by atoms with E-state index in [4.69, 9.17) is 0 Å². The summed E-state index contributed by atoms with van der Waals surface area (Å²) in [7, 11) is 0. The number of aromatic nitrogens is 2.